The average Bonchev–Trinajstić information content (AvgIpc) is 2.91. The molecular weight excluding hydrogens is 276 g/mol. The molecule has 0 amide bonds. The Morgan fingerprint density at radius 3 is 2.67 bits per heavy atom. The van der Waals surface area contributed by atoms with Crippen LogP contribution >= 0.6 is 11.8 Å². The lowest BCUT2D eigenvalue weighted by Gasteiger charge is -2.07. The maximum atomic E-state index is 5.65. The topological polar surface area (TPSA) is 30.9 Å². The van der Waals surface area contributed by atoms with Gasteiger partial charge >= 0.3 is 0 Å². The normalized spacial score (nSPS) is 11.1. The molecule has 108 valence electrons. The molecule has 0 saturated carbocycles. The van der Waals surface area contributed by atoms with E-state index in [9.17, 15) is 0 Å². The van der Waals surface area contributed by atoms with Crippen molar-refractivity contribution in [3.8, 4) is 0 Å². The highest BCUT2D eigenvalue weighted by atomic mass is 32.2. The van der Waals surface area contributed by atoms with Gasteiger partial charge in [-0.3, -0.25) is 0 Å². The van der Waals surface area contributed by atoms with E-state index in [2.05, 4.69) is 65.4 Å². The molecule has 0 radical (unpaired) electrons. The predicted molar refractivity (Wildman–Crippen MR) is 91.9 cm³/mol. The molecule has 2 N–H and O–H groups in total. The monoisotopic (exact) mass is 296 g/mol. The van der Waals surface area contributed by atoms with E-state index in [0.29, 0.717) is 6.54 Å². The quantitative estimate of drug-likeness (QED) is 0.699. The number of aryl methyl sites for hydroxylation is 1. The summed E-state index contributed by atoms with van der Waals surface area (Å²) in [5.74, 6) is 1.08. The first kappa shape index (κ1) is 14.2. The fourth-order valence-corrected chi connectivity index (χ4v) is 3.40. The Labute approximate surface area is 130 Å². The third kappa shape index (κ3) is 3.49. The van der Waals surface area contributed by atoms with Gasteiger partial charge in [0.25, 0.3) is 0 Å². The first-order valence-corrected chi connectivity index (χ1v) is 8.31. The first-order chi connectivity index (χ1) is 10.4. The molecule has 0 bridgehead atoms. The number of hydrogen-bond acceptors (Lipinski definition) is 2. The summed E-state index contributed by atoms with van der Waals surface area (Å²) in [6.45, 7) is 1.73. The van der Waals surface area contributed by atoms with Gasteiger partial charge in [0.1, 0.15) is 0 Å². The van der Waals surface area contributed by atoms with Crippen molar-refractivity contribution in [1.82, 2.24) is 4.57 Å². The maximum Gasteiger partial charge on any atom is 0.0483 e. The molecule has 0 unspecified atom stereocenters. The molecule has 0 aliphatic heterocycles. The molecular formula is C18H20N2S. The van der Waals surface area contributed by atoms with Crippen molar-refractivity contribution in [2.45, 2.75) is 17.9 Å². The van der Waals surface area contributed by atoms with E-state index in [4.69, 9.17) is 5.73 Å². The van der Waals surface area contributed by atoms with Crippen LogP contribution in [0.1, 0.15) is 5.56 Å². The van der Waals surface area contributed by atoms with Crippen LogP contribution in [0.3, 0.4) is 0 Å². The molecule has 0 spiro atoms. The van der Waals surface area contributed by atoms with E-state index >= 15 is 0 Å². The predicted octanol–water partition coefficient (Wildman–Crippen LogP) is 3.93. The lowest BCUT2D eigenvalue weighted by atomic mass is 10.1. The molecule has 0 aliphatic rings. The Bertz CT molecular complexity index is 704. The molecule has 2 aromatic carbocycles. The molecule has 3 heteroatoms. The highest BCUT2D eigenvalue weighted by Gasteiger charge is 2.03. The number of fused-ring (bicyclic) bond motifs is 1. The van der Waals surface area contributed by atoms with E-state index in [1.807, 2.05) is 11.8 Å². The highest BCUT2D eigenvalue weighted by molar-refractivity contribution is 7.99. The van der Waals surface area contributed by atoms with E-state index in [-0.39, 0.29) is 0 Å². The van der Waals surface area contributed by atoms with Crippen molar-refractivity contribution in [3.63, 3.8) is 0 Å². The summed E-state index contributed by atoms with van der Waals surface area (Å²) >= 11 is 1.90. The Hall–Kier alpha value is -1.71. The number of aromatic nitrogens is 1. The van der Waals surface area contributed by atoms with Crippen LogP contribution in [-0.4, -0.2) is 16.9 Å². The van der Waals surface area contributed by atoms with Crippen LogP contribution in [0.4, 0.5) is 0 Å². The summed E-state index contributed by atoms with van der Waals surface area (Å²) in [5.41, 5.74) is 8.29. The van der Waals surface area contributed by atoms with E-state index in [0.717, 1.165) is 18.7 Å². The van der Waals surface area contributed by atoms with Crippen LogP contribution in [-0.2, 0) is 13.0 Å². The Kier molecular flexibility index (Phi) is 4.63. The number of benzene rings is 2. The largest absolute Gasteiger partial charge is 0.347 e. The van der Waals surface area contributed by atoms with Gasteiger partial charge in [0, 0.05) is 28.9 Å². The molecule has 21 heavy (non-hydrogen) atoms. The number of rotatable bonds is 6. The van der Waals surface area contributed by atoms with Crippen molar-refractivity contribution in [2.24, 2.45) is 5.73 Å². The van der Waals surface area contributed by atoms with Crippen LogP contribution < -0.4 is 5.73 Å². The average molecular weight is 296 g/mol. The summed E-state index contributed by atoms with van der Waals surface area (Å²) in [6, 6.07) is 19.4. The fraction of sp³-hybridized carbons (Fsp3) is 0.222. The smallest absolute Gasteiger partial charge is 0.0483 e. The van der Waals surface area contributed by atoms with Crippen molar-refractivity contribution < 1.29 is 0 Å². The summed E-state index contributed by atoms with van der Waals surface area (Å²) in [6.07, 6.45) is 3.13. The lowest BCUT2D eigenvalue weighted by Crippen LogP contribution is -2.03. The lowest BCUT2D eigenvalue weighted by molar-refractivity contribution is 0.806. The molecule has 1 heterocycles. The Balaban J connectivity index is 1.70. The Morgan fingerprint density at radius 2 is 1.86 bits per heavy atom. The fourth-order valence-electron chi connectivity index (χ4n) is 2.53. The number of thioether (sulfide) groups is 1. The molecule has 0 aliphatic carbocycles. The zero-order valence-corrected chi connectivity index (χ0v) is 12.9. The molecule has 0 atom stereocenters. The van der Waals surface area contributed by atoms with Gasteiger partial charge in [0.05, 0.1) is 0 Å². The van der Waals surface area contributed by atoms with Gasteiger partial charge < -0.3 is 10.3 Å². The number of nitrogens with zero attached hydrogens (tertiary/aromatic N) is 1. The third-order valence-electron chi connectivity index (χ3n) is 3.62. The van der Waals surface area contributed by atoms with Crippen LogP contribution in [0.2, 0.25) is 0 Å². The number of hydrogen-bond donors (Lipinski definition) is 1. The maximum absolute atomic E-state index is 5.65. The van der Waals surface area contributed by atoms with Crippen molar-refractivity contribution in [2.75, 3.05) is 12.3 Å². The summed E-state index contributed by atoms with van der Waals surface area (Å²) in [4.78, 5) is 1.33. The van der Waals surface area contributed by atoms with Crippen LogP contribution in [0, 0.1) is 0 Å². The second-order valence-corrected chi connectivity index (χ2v) is 6.27. The number of nitrogens with two attached hydrogens (primary N) is 1. The van der Waals surface area contributed by atoms with Crippen LogP contribution in [0.5, 0.6) is 0 Å². The second-order valence-electron chi connectivity index (χ2n) is 5.10. The first-order valence-electron chi connectivity index (χ1n) is 7.32. The van der Waals surface area contributed by atoms with E-state index < -0.39 is 0 Å². The van der Waals surface area contributed by atoms with Gasteiger partial charge in [0.2, 0.25) is 0 Å². The molecule has 2 nitrogen and oxygen atoms in total. The van der Waals surface area contributed by atoms with Gasteiger partial charge in [-0.25, -0.2) is 0 Å². The van der Waals surface area contributed by atoms with Gasteiger partial charge in [-0.1, -0.05) is 30.3 Å². The minimum atomic E-state index is 0.704. The zero-order chi connectivity index (χ0) is 14.5. The van der Waals surface area contributed by atoms with Crippen molar-refractivity contribution >= 4 is 22.7 Å². The van der Waals surface area contributed by atoms with Crippen LogP contribution in [0.25, 0.3) is 10.9 Å². The minimum Gasteiger partial charge on any atom is -0.347 e. The van der Waals surface area contributed by atoms with Crippen molar-refractivity contribution in [3.05, 3.63) is 66.4 Å². The van der Waals surface area contributed by atoms with Crippen LogP contribution in [0.15, 0.2) is 65.7 Å². The van der Waals surface area contributed by atoms with E-state index in [1.54, 1.807) is 0 Å². The second kappa shape index (κ2) is 6.83. The van der Waals surface area contributed by atoms with E-state index in [1.165, 1.54) is 21.4 Å². The summed E-state index contributed by atoms with van der Waals surface area (Å²) in [5, 5.41) is 1.31. The van der Waals surface area contributed by atoms with Crippen molar-refractivity contribution in [1.29, 1.82) is 0 Å². The standard InChI is InChI=1S/C18H20N2S/c19-10-8-15-6-7-16-9-11-20(18(16)14-15)12-13-21-17-4-2-1-3-5-17/h1-7,9,11,14H,8,10,12-13,19H2. The zero-order valence-electron chi connectivity index (χ0n) is 12.0. The SMILES string of the molecule is NCCc1ccc2ccn(CCSc3ccccc3)c2c1. The molecule has 0 fully saturated rings. The summed E-state index contributed by atoms with van der Waals surface area (Å²) < 4.78 is 2.34. The van der Waals surface area contributed by atoms with Gasteiger partial charge in [-0.05, 0) is 48.2 Å². The van der Waals surface area contributed by atoms with Gasteiger partial charge in [0.15, 0.2) is 0 Å². The molecule has 3 aromatic rings. The highest BCUT2D eigenvalue weighted by Crippen LogP contribution is 2.21. The molecule has 0 saturated heterocycles. The summed E-state index contributed by atoms with van der Waals surface area (Å²) in [7, 11) is 0. The third-order valence-corrected chi connectivity index (χ3v) is 4.61. The Morgan fingerprint density at radius 1 is 1.00 bits per heavy atom. The minimum absolute atomic E-state index is 0.704. The van der Waals surface area contributed by atoms with Gasteiger partial charge in [-0.15, -0.1) is 11.8 Å². The molecule has 1 aromatic heterocycles. The molecule has 3 rings (SSSR count). The van der Waals surface area contributed by atoms with Gasteiger partial charge in [-0.2, -0.15) is 0 Å².